The third-order valence-corrected chi connectivity index (χ3v) is 13.9. The Morgan fingerprint density at radius 2 is 0.867 bits per heavy atom. The van der Waals surface area contributed by atoms with Crippen LogP contribution in [0.2, 0.25) is 0 Å². The molecule has 0 aliphatic carbocycles. The van der Waals surface area contributed by atoms with E-state index in [-0.39, 0.29) is 19.4 Å². The lowest BCUT2D eigenvalue weighted by Crippen LogP contribution is -2.61. The third-order valence-electron chi connectivity index (χ3n) is 13.9. The van der Waals surface area contributed by atoms with Crippen molar-refractivity contribution in [2.24, 2.45) is 0 Å². The molecule has 11 nitrogen and oxygen atoms in total. The summed E-state index contributed by atoms with van der Waals surface area (Å²) in [5, 5.41) is 57.0. The van der Waals surface area contributed by atoms with E-state index in [0.717, 1.165) is 128 Å². The molecule has 0 aromatic heterocycles. The van der Waals surface area contributed by atoms with E-state index in [9.17, 15) is 35.1 Å². The first kappa shape index (κ1) is 76.3. The van der Waals surface area contributed by atoms with E-state index in [1.165, 1.54) is 38.5 Å². The van der Waals surface area contributed by atoms with Crippen molar-refractivity contribution in [2.75, 3.05) is 13.2 Å². The normalized spacial score (nSPS) is 19.6. The molecule has 0 saturated carbocycles. The summed E-state index contributed by atoms with van der Waals surface area (Å²) in [6.45, 7) is 5.49. The van der Waals surface area contributed by atoms with Gasteiger partial charge in [-0.2, -0.15) is 0 Å². The maximum atomic E-state index is 13.4. The predicted octanol–water partition coefficient (Wildman–Crippen LogP) is 15.9. The van der Waals surface area contributed by atoms with Crippen LogP contribution in [-0.4, -0.2) is 99.6 Å². The highest BCUT2D eigenvalue weighted by Crippen LogP contribution is 2.26. The number of aliphatic hydroxyl groups excluding tert-OH is 5. The van der Waals surface area contributed by atoms with E-state index in [2.05, 4.69) is 166 Å². The second-order valence-electron chi connectivity index (χ2n) is 21.4. The Morgan fingerprint density at radius 1 is 0.482 bits per heavy atom. The molecule has 8 unspecified atom stereocenters. The van der Waals surface area contributed by atoms with Gasteiger partial charge in [-0.1, -0.05) is 243 Å². The van der Waals surface area contributed by atoms with Crippen LogP contribution < -0.4 is 5.32 Å². The van der Waals surface area contributed by atoms with Crippen molar-refractivity contribution < 1.29 is 49.3 Å². The van der Waals surface area contributed by atoms with Crippen LogP contribution in [0.5, 0.6) is 0 Å². The first-order valence-electron chi connectivity index (χ1n) is 32.3. The molecule has 6 N–H and O–H groups in total. The molecule has 1 saturated heterocycles. The molecule has 0 radical (unpaired) electrons. The maximum Gasteiger partial charge on any atom is 0.306 e. The number of carbonyl (C=O) groups excluding carboxylic acids is 2. The Labute approximate surface area is 504 Å². The number of amides is 1. The SMILES string of the molecule is CC/C=C\C/C=C\C/C=C\C/C=C\C/C=C\C/C=C\CCCCCCC(=O)OC1C(OCC(NC(=O)C(O)CCC/C=C\C/C=C\C/C=C\C/C=C\C/C=C\C/C=C\CC)C(O)/C=C/CCCCCCCCCCC)OC(CO)C(O)C1O. The fraction of sp³-hybridized carbons (Fsp3) is 0.611. The number of rotatable bonds is 52. The summed E-state index contributed by atoms with van der Waals surface area (Å²) in [5.41, 5.74) is 0. The summed E-state index contributed by atoms with van der Waals surface area (Å²) in [5.74, 6) is -1.28. The topological polar surface area (TPSA) is 175 Å². The Balaban J connectivity index is 2.70. The van der Waals surface area contributed by atoms with Gasteiger partial charge in [-0.3, -0.25) is 9.59 Å². The third kappa shape index (κ3) is 45.3. The van der Waals surface area contributed by atoms with Crippen LogP contribution in [0.15, 0.2) is 158 Å². The second-order valence-corrected chi connectivity index (χ2v) is 21.4. The zero-order valence-corrected chi connectivity index (χ0v) is 51.7. The minimum absolute atomic E-state index is 0.0779. The van der Waals surface area contributed by atoms with Crippen molar-refractivity contribution >= 4 is 11.9 Å². The first-order valence-corrected chi connectivity index (χ1v) is 32.3. The fourth-order valence-electron chi connectivity index (χ4n) is 8.90. The number of hydrogen-bond donors (Lipinski definition) is 6. The maximum absolute atomic E-state index is 13.4. The van der Waals surface area contributed by atoms with Gasteiger partial charge in [0, 0.05) is 6.42 Å². The number of ether oxygens (including phenoxy) is 3. The molecule has 468 valence electrons. The molecule has 8 atom stereocenters. The van der Waals surface area contributed by atoms with E-state index in [1.54, 1.807) is 6.08 Å². The highest BCUT2D eigenvalue weighted by Gasteiger charge is 2.47. The van der Waals surface area contributed by atoms with E-state index in [1.807, 2.05) is 12.2 Å². The lowest BCUT2D eigenvalue weighted by molar-refractivity contribution is -0.305. The average Bonchev–Trinajstić information content (AvgIpc) is 3.68. The molecule has 0 bridgehead atoms. The Kier molecular flexibility index (Phi) is 53.0. The minimum atomic E-state index is -1.64. The average molecular weight is 1150 g/mol. The second kappa shape index (κ2) is 57.7. The summed E-state index contributed by atoms with van der Waals surface area (Å²) in [4.78, 5) is 26.6. The first-order chi connectivity index (χ1) is 40.7. The number of carbonyl (C=O) groups is 2. The van der Waals surface area contributed by atoms with Gasteiger partial charge in [0.05, 0.1) is 25.4 Å². The molecule has 0 aromatic rings. The zero-order chi connectivity index (χ0) is 60.3. The summed E-state index contributed by atoms with van der Waals surface area (Å²) in [6, 6.07) is -1.07. The van der Waals surface area contributed by atoms with Gasteiger partial charge in [0.25, 0.3) is 0 Å². The minimum Gasteiger partial charge on any atom is -0.454 e. The Bertz CT molecular complexity index is 1950. The molecular formula is C72H115NO10. The van der Waals surface area contributed by atoms with Crippen LogP contribution in [0, 0.1) is 0 Å². The molecule has 1 rings (SSSR count). The summed E-state index contributed by atoms with van der Waals surface area (Å²) in [6.07, 6.45) is 74.2. The number of unbranched alkanes of at least 4 members (excludes halogenated alkanes) is 14. The van der Waals surface area contributed by atoms with Crippen molar-refractivity contribution in [1.29, 1.82) is 0 Å². The molecule has 0 aromatic carbocycles. The van der Waals surface area contributed by atoms with Crippen LogP contribution in [0.3, 0.4) is 0 Å². The molecule has 83 heavy (non-hydrogen) atoms. The molecule has 1 aliphatic heterocycles. The van der Waals surface area contributed by atoms with Crippen LogP contribution >= 0.6 is 0 Å². The predicted molar refractivity (Wildman–Crippen MR) is 347 cm³/mol. The van der Waals surface area contributed by atoms with Crippen molar-refractivity contribution in [3.05, 3.63) is 158 Å². The summed E-state index contributed by atoms with van der Waals surface area (Å²) in [7, 11) is 0. The van der Waals surface area contributed by atoms with Gasteiger partial charge in [0.2, 0.25) is 5.91 Å². The molecule has 1 amide bonds. The highest BCUT2D eigenvalue weighted by molar-refractivity contribution is 5.80. The molecule has 1 aliphatic rings. The molecule has 0 spiro atoms. The van der Waals surface area contributed by atoms with Gasteiger partial charge < -0.3 is 45.1 Å². The quantitative estimate of drug-likeness (QED) is 0.0195. The van der Waals surface area contributed by atoms with Gasteiger partial charge in [-0.05, 0) is 128 Å². The number of hydrogen-bond acceptors (Lipinski definition) is 10. The summed E-state index contributed by atoms with van der Waals surface area (Å²) < 4.78 is 17.6. The molecular weight excluding hydrogens is 1040 g/mol. The van der Waals surface area contributed by atoms with Crippen LogP contribution in [0.25, 0.3) is 0 Å². The van der Waals surface area contributed by atoms with Crippen LogP contribution in [0.1, 0.15) is 220 Å². The van der Waals surface area contributed by atoms with E-state index in [0.29, 0.717) is 19.3 Å². The van der Waals surface area contributed by atoms with Crippen LogP contribution in [-0.2, 0) is 23.8 Å². The lowest BCUT2D eigenvalue weighted by atomic mass is 9.99. The van der Waals surface area contributed by atoms with E-state index >= 15 is 0 Å². The van der Waals surface area contributed by atoms with Gasteiger partial charge in [-0.15, -0.1) is 0 Å². The lowest BCUT2D eigenvalue weighted by Gasteiger charge is -2.41. The Morgan fingerprint density at radius 3 is 1.30 bits per heavy atom. The van der Waals surface area contributed by atoms with Crippen molar-refractivity contribution in [2.45, 2.75) is 269 Å². The number of nitrogens with one attached hydrogen (secondary N) is 1. The van der Waals surface area contributed by atoms with Crippen molar-refractivity contribution in [3.63, 3.8) is 0 Å². The molecule has 1 fully saturated rings. The summed E-state index contributed by atoms with van der Waals surface area (Å²) >= 11 is 0. The van der Waals surface area contributed by atoms with Crippen molar-refractivity contribution in [1.82, 2.24) is 5.32 Å². The fourth-order valence-corrected chi connectivity index (χ4v) is 8.90. The standard InChI is InChI=1S/C72H115NO10/c1-4-7-10-13-16-19-22-24-26-28-30-32-33-34-36-38-40-42-45-48-51-54-57-60-67(77)83-70-69(79)68(78)66(61-74)82-72(70)81-62-63(64(75)58-55-52-49-46-43-21-18-15-12-9-6-3)73-71(80)65(76)59-56-53-50-47-44-41-39-37-35-31-29-27-25-23-20-17-14-11-8-5-2/h7-8,10-11,16-17,19-20,24-27,30-32,34-36,39-42,47,50,55,58,63-66,68-70,72,74-76,78-79H,4-6,9,12-15,18,21-23,28-29,33,37-38,43-46,48-49,51-54,56-57,59-62H2,1-3H3,(H,73,80)/b10-7-,11-8-,19-16-,20-17-,26-24-,27-25-,32-30-,35-31-,36-34-,41-39-,42-40-,50-47-,58-55+. The van der Waals surface area contributed by atoms with Gasteiger partial charge in [-0.25, -0.2) is 0 Å². The number of allylic oxidation sites excluding steroid dienone is 25. The van der Waals surface area contributed by atoms with Gasteiger partial charge >= 0.3 is 5.97 Å². The monoisotopic (exact) mass is 1150 g/mol. The highest BCUT2D eigenvalue weighted by atomic mass is 16.7. The van der Waals surface area contributed by atoms with Crippen molar-refractivity contribution in [3.8, 4) is 0 Å². The number of aliphatic hydroxyl groups is 5. The molecule has 11 heteroatoms. The molecule has 1 heterocycles. The Hall–Kier alpha value is -4.72. The van der Waals surface area contributed by atoms with E-state index in [4.69, 9.17) is 14.2 Å². The van der Waals surface area contributed by atoms with Crippen LogP contribution in [0.4, 0.5) is 0 Å². The largest absolute Gasteiger partial charge is 0.454 e. The van der Waals surface area contributed by atoms with E-state index < -0.39 is 67.4 Å². The van der Waals surface area contributed by atoms with Gasteiger partial charge in [0.15, 0.2) is 12.4 Å². The smallest absolute Gasteiger partial charge is 0.306 e. The van der Waals surface area contributed by atoms with Gasteiger partial charge in [0.1, 0.15) is 24.4 Å². The zero-order valence-electron chi connectivity index (χ0n) is 51.7. The number of esters is 1.